The summed E-state index contributed by atoms with van der Waals surface area (Å²) in [5.41, 5.74) is 0.939. The Bertz CT molecular complexity index is 601. The molecule has 25 heavy (non-hydrogen) atoms. The highest BCUT2D eigenvalue weighted by Crippen LogP contribution is 2.31. The average Bonchev–Trinajstić information content (AvgIpc) is 2.65. The van der Waals surface area contributed by atoms with E-state index in [1.165, 1.54) is 0 Å². The summed E-state index contributed by atoms with van der Waals surface area (Å²) in [5, 5.41) is 0. The van der Waals surface area contributed by atoms with Crippen molar-refractivity contribution >= 4 is 11.9 Å². The number of rotatable bonds is 7. The van der Waals surface area contributed by atoms with Crippen LogP contribution in [0.5, 0.6) is 11.5 Å². The summed E-state index contributed by atoms with van der Waals surface area (Å²) in [5.74, 6) is 0.978. The molecule has 2 rings (SSSR count). The van der Waals surface area contributed by atoms with Crippen molar-refractivity contribution in [2.45, 2.75) is 32.6 Å². The highest BCUT2D eigenvalue weighted by molar-refractivity contribution is 5.79. The molecule has 1 amide bonds. The van der Waals surface area contributed by atoms with Crippen molar-refractivity contribution in [2.24, 2.45) is 5.92 Å². The fraction of sp³-hybridized carbons (Fsp3) is 0.579. The first-order chi connectivity index (χ1) is 12.1. The van der Waals surface area contributed by atoms with Gasteiger partial charge in [0.15, 0.2) is 11.5 Å². The number of piperidine rings is 1. The molecule has 1 heterocycles. The molecule has 0 aromatic heterocycles. The lowest BCUT2D eigenvalue weighted by Gasteiger charge is -2.31. The van der Waals surface area contributed by atoms with Crippen molar-refractivity contribution in [2.75, 3.05) is 33.9 Å². The lowest BCUT2D eigenvalue weighted by molar-refractivity contribution is -0.151. The van der Waals surface area contributed by atoms with Gasteiger partial charge in [-0.1, -0.05) is 12.1 Å². The number of ether oxygens (including phenoxy) is 3. The largest absolute Gasteiger partial charge is 0.493 e. The summed E-state index contributed by atoms with van der Waals surface area (Å²) in [6, 6.07) is 5.66. The molecule has 138 valence electrons. The quantitative estimate of drug-likeness (QED) is 0.708. The molecule has 1 aromatic carbocycles. The third-order valence-corrected chi connectivity index (χ3v) is 4.49. The van der Waals surface area contributed by atoms with Crippen LogP contribution in [0.25, 0.3) is 0 Å². The number of para-hydroxylation sites is 1. The van der Waals surface area contributed by atoms with Gasteiger partial charge in [-0.25, -0.2) is 0 Å². The van der Waals surface area contributed by atoms with Gasteiger partial charge in [-0.3, -0.25) is 9.59 Å². The van der Waals surface area contributed by atoms with E-state index < -0.39 is 0 Å². The number of benzene rings is 1. The zero-order valence-electron chi connectivity index (χ0n) is 15.2. The highest BCUT2D eigenvalue weighted by Gasteiger charge is 2.29. The summed E-state index contributed by atoms with van der Waals surface area (Å²) in [6.45, 7) is 3.32. The number of carbonyl (C=O) groups excluding carboxylic acids is 2. The lowest BCUT2D eigenvalue weighted by Crippen LogP contribution is -2.42. The molecule has 0 bridgehead atoms. The second kappa shape index (κ2) is 9.30. The summed E-state index contributed by atoms with van der Waals surface area (Å²) >= 11 is 0. The highest BCUT2D eigenvalue weighted by atomic mass is 16.5. The maximum atomic E-state index is 12.6. The number of hydrogen-bond acceptors (Lipinski definition) is 5. The van der Waals surface area contributed by atoms with Crippen LogP contribution in [-0.2, 0) is 20.7 Å². The molecular weight excluding hydrogens is 322 g/mol. The number of hydrogen-bond donors (Lipinski definition) is 0. The number of likely N-dealkylation sites (tertiary alicyclic amines) is 1. The summed E-state index contributed by atoms with van der Waals surface area (Å²) in [4.78, 5) is 26.2. The summed E-state index contributed by atoms with van der Waals surface area (Å²) < 4.78 is 15.8. The minimum atomic E-state index is -0.205. The molecule has 1 saturated heterocycles. The Kier molecular flexibility index (Phi) is 7.10. The van der Waals surface area contributed by atoms with Crippen LogP contribution in [0.3, 0.4) is 0 Å². The molecule has 0 saturated carbocycles. The molecule has 0 spiro atoms. The molecular formula is C19H27NO5. The van der Waals surface area contributed by atoms with E-state index in [2.05, 4.69) is 0 Å². The van der Waals surface area contributed by atoms with Crippen molar-refractivity contribution in [3.63, 3.8) is 0 Å². The normalized spacial score (nSPS) is 17.1. The first-order valence-electron chi connectivity index (χ1n) is 8.75. The standard InChI is InChI=1S/C19H27NO5/c1-4-25-19(22)15-8-6-12-20(13-15)17(21)11-10-14-7-5-9-16(23-2)18(14)24-3/h5,7,9,15H,4,6,8,10-13H2,1-3H3. The van der Waals surface area contributed by atoms with Crippen molar-refractivity contribution in [3.05, 3.63) is 23.8 Å². The van der Waals surface area contributed by atoms with Crippen LogP contribution in [0.15, 0.2) is 18.2 Å². The van der Waals surface area contributed by atoms with Gasteiger partial charge in [0.05, 0.1) is 26.7 Å². The maximum absolute atomic E-state index is 12.6. The van der Waals surface area contributed by atoms with E-state index in [1.807, 2.05) is 18.2 Å². The molecule has 1 atom stereocenters. The van der Waals surface area contributed by atoms with Crippen LogP contribution in [0.1, 0.15) is 31.7 Å². The Morgan fingerprint density at radius 2 is 2.04 bits per heavy atom. The Morgan fingerprint density at radius 3 is 2.72 bits per heavy atom. The van der Waals surface area contributed by atoms with E-state index in [1.54, 1.807) is 26.0 Å². The summed E-state index contributed by atoms with van der Waals surface area (Å²) in [6.07, 6.45) is 2.56. The molecule has 1 aromatic rings. The minimum absolute atomic E-state index is 0.0545. The molecule has 1 unspecified atom stereocenters. The van der Waals surface area contributed by atoms with E-state index in [-0.39, 0.29) is 17.8 Å². The molecule has 0 N–H and O–H groups in total. The molecule has 0 radical (unpaired) electrons. The first-order valence-corrected chi connectivity index (χ1v) is 8.75. The van der Waals surface area contributed by atoms with Crippen molar-refractivity contribution in [1.82, 2.24) is 4.90 Å². The third kappa shape index (κ3) is 4.87. The predicted molar refractivity (Wildman–Crippen MR) is 93.8 cm³/mol. The average molecular weight is 349 g/mol. The molecule has 6 heteroatoms. The number of nitrogens with zero attached hydrogens (tertiary/aromatic N) is 1. The fourth-order valence-electron chi connectivity index (χ4n) is 3.21. The fourth-order valence-corrected chi connectivity index (χ4v) is 3.21. The van der Waals surface area contributed by atoms with Gasteiger partial charge in [-0.05, 0) is 37.8 Å². The number of esters is 1. The molecule has 1 aliphatic rings. The molecule has 0 aliphatic carbocycles. The van der Waals surface area contributed by atoms with Gasteiger partial charge in [0.2, 0.25) is 5.91 Å². The zero-order chi connectivity index (χ0) is 18.2. The van der Waals surface area contributed by atoms with Crippen LogP contribution >= 0.6 is 0 Å². The van der Waals surface area contributed by atoms with Gasteiger partial charge >= 0.3 is 5.97 Å². The maximum Gasteiger partial charge on any atom is 0.310 e. The number of aryl methyl sites for hydroxylation is 1. The van der Waals surface area contributed by atoms with Gasteiger partial charge < -0.3 is 19.1 Å². The van der Waals surface area contributed by atoms with E-state index >= 15 is 0 Å². The minimum Gasteiger partial charge on any atom is -0.493 e. The SMILES string of the molecule is CCOC(=O)C1CCCN(C(=O)CCc2cccc(OC)c2OC)C1. The number of amides is 1. The van der Waals surface area contributed by atoms with Gasteiger partial charge in [-0.15, -0.1) is 0 Å². The molecule has 6 nitrogen and oxygen atoms in total. The zero-order valence-corrected chi connectivity index (χ0v) is 15.2. The third-order valence-electron chi connectivity index (χ3n) is 4.49. The first kappa shape index (κ1) is 19.1. The van der Waals surface area contributed by atoms with Gasteiger partial charge in [0, 0.05) is 19.5 Å². The van der Waals surface area contributed by atoms with Crippen LogP contribution < -0.4 is 9.47 Å². The van der Waals surface area contributed by atoms with E-state index in [9.17, 15) is 9.59 Å². The molecule has 1 aliphatic heterocycles. The van der Waals surface area contributed by atoms with Crippen LogP contribution in [-0.4, -0.2) is 50.7 Å². The second-order valence-corrected chi connectivity index (χ2v) is 6.08. The predicted octanol–water partition coefficient (Wildman–Crippen LogP) is 2.44. The lowest BCUT2D eigenvalue weighted by atomic mass is 9.97. The van der Waals surface area contributed by atoms with Crippen molar-refractivity contribution in [1.29, 1.82) is 0 Å². The van der Waals surface area contributed by atoms with Gasteiger partial charge in [0.25, 0.3) is 0 Å². The summed E-state index contributed by atoms with van der Waals surface area (Å²) in [7, 11) is 3.19. The van der Waals surface area contributed by atoms with Crippen LogP contribution in [0.4, 0.5) is 0 Å². The number of methoxy groups -OCH3 is 2. The number of carbonyl (C=O) groups is 2. The van der Waals surface area contributed by atoms with E-state index in [0.29, 0.717) is 44.0 Å². The van der Waals surface area contributed by atoms with E-state index in [4.69, 9.17) is 14.2 Å². The Labute approximate surface area is 149 Å². The monoisotopic (exact) mass is 349 g/mol. The van der Waals surface area contributed by atoms with Gasteiger partial charge in [0.1, 0.15) is 0 Å². The molecule has 1 fully saturated rings. The van der Waals surface area contributed by atoms with Crippen molar-refractivity contribution < 1.29 is 23.8 Å². The van der Waals surface area contributed by atoms with Gasteiger partial charge in [-0.2, -0.15) is 0 Å². The van der Waals surface area contributed by atoms with Crippen molar-refractivity contribution in [3.8, 4) is 11.5 Å². The Morgan fingerprint density at radius 1 is 1.24 bits per heavy atom. The topological polar surface area (TPSA) is 65.1 Å². The van der Waals surface area contributed by atoms with Crippen LogP contribution in [0, 0.1) is 5.92 Å². The Hall–Kier alpha value is -2.24. The smallest absolute Gasteiger partial charge is 0.310 e. The second-order valence-electron chi connectivity index (χ2n) is 6.08. The van der Waals surface area contributed by atoms with Crippen LogP contribution in [0.2, 0.25) is 0 Å². The Balaban J connectivity index is 1.95. The van der Waals surface area contributed by atoms with E-state index in [0.717, 1.165) is 18.4 Å².